The number of amides is 2. The summed E-state index contributed by atoms with van der Waals surface area (Å²) in [6, 6.07) is -1.50. The first kappa shape index (κ1) is 61.1. The summed E-state index contributed by atoms with van der Waals surface area (Å²) >= 11 is 1.52. The monoisotopic (exact) mass is 1100 g/mol. The van der Waals surface area contributed by atoms with Gasteiger partial charge in [0.2, 0.25) is 11.7 Å². The van der Waals surface area contributed by atoms with Crippen LogP contribution in [0.5, 0.6) is 0 Å². The number of fused-ring (bicyclic) bond motifs is 4. The van der Waals surface area contributed by atoms with Gasteiger partial charge < -0.3 is 49.5 Å². The van der Waals surface area contributed by atoms with Crippen LogP contribution < -0.4 is 0 Å². The van der Waals surface area contributed by atoms with Crippen LogP contribution in [-0.2, 0) is 43.0 Å². The number of allylic oxidation sites excluding steroid dienone is 3. The number of likely N-dealkylation sites (tertiary alicyclic amines) is 1. The number of carboxylic acids is 1. The normalized spacial score (nSPS) is 40.0. The lowest BCUT2D eigenvalue weighted by molar-refractivity contribution is -0.282. The van der Waals surface area contributed by atoms with Crippen LogP contribution in [0.15, 0.2) is 33.9 Å². The van der Waals surface area contributed by atoms with Gasteiger partial charge in [-0.2, -0.15) is 0 Å². The number of carboxylic acid groups (broad SMARTS) is 1. The Balaban J connectivity index is 1.16. The number of β-lactam (4-membered cyclic amide) rings is 1. The van der Waals surface area contributed by atoms with E-state index in [1.54, 1.807) is 27.9 Å². The number of hydrogen-bond acceptors (Lipinski definition) is 15. The van der Waals surface area contributed by atoms with Gasteiger partial charge in [0.1, 0.15) is 23.6 Å². The van der Waals surface area contributed by atoms with Crippen LogP contribution in [0, 0.1) is 47.3 Å². The Labute approximate surface area is 460 Å². The van der Waals surface area contributed by atoms with Crippen LogP contribution in [0.3, 0.4) is 0 Å². The minimum Gasteiger partial charge on any atom is -0.477 e. The van der Waals surface area contributed by atoms with Crippen LogP contribution in [0.25, 0.3) is 0 Å². The number of carbonyl (C=O) groups is 6. The fourth-order valence-electron chi connectivity index (χ4n) is 14.3. The molecule has 18 atom stereocenters. The number of esters is 1. The standard InChI is InChI=1S/C59H91N3O14S/c1-31-22-32(2)24-40(17-19-58(9,10)60-21-18-41(30-60)77-48-28-43-49(38(8)63)54(68)62(43)50(48)56(70)71)46(66)29-45(65)37(7)52(35(5)26-39-15-16-44(64)47(27-39)74-11)75-57(72)42-14-12-13-20-61(42)55(69)53(67)59(73)36(6)25-34(4)51(76-59)33(3)23-31/h24,26,31,33-34,36-45,47,49,51-52,63-65,73H,12-23,25,27-30H2,1-11H3,(H,70,71)/b32-24+,35-26+/t31-,33-,34-,36+,37+,38+,39-,40+,41-,42-,43+,44+,45-,47+,49+,51+,52+,59+/m0/s1. The topological polar surface area (TPSA) is 241 Å². The average molecular weight is 1100 g/mol. The van der Waals surface area contributed by atoms with Crippen molar-refractivity contribution >= 4 is 47.1 Å². The number of aliphatic carboxylic acids is 1. The number of ether oxygens (including phenoxy) is 3. The van der Waals surface area contributed by atoms with Gasteiger partial charge in [0.25, 0.3) is 11.7 Å². The van der Waals surface area contributed by atoms with E-state index in [9.17, 15) is 54.3 Å². The molecule has 18 heteroatoms. The Morgan fingerprint density at radius 1 is 0.948 bits per heavy atom. The van der Waals surface area contributed by atoms with Crippen LogP contribution in [0.4, 0.5) is 0 Å². The first-order valence-electron chi connectivity index (χ1n) is 28.8. The van der Waals surface area contributed by atoms with Crippen molar-refractivity contribution in [1.29, 1.82) is 0 Å². The summed E-state index contributed by atoms with van der Waals surface area (Å²) in [5.41, 5.74) is 1.29. The van der Waals surface area contributed by atoms with E-state index in [4.69, 9.17) is 14.2 Å². The first-order valence-corrected chi connectivity index (χ1v) is 29.7. The Morgan fingerprint density at radius 2 is 1.65 bits per heavy atom. The van der Waals surface area contributed by atoms with Gasteiger partial charge in [0.15, 0.2) is 0 Å². The predicted molar refractivity (Wildman–Crippen MR) is 290 cm³/mol. The molecule has 1 saturated carbocycles. The number of aliphatic hydroxyl groups excluding tert-OH is 3. The summed E-state index contributed by atoms with van der Waals surface area (Å²) < 4.78 is 18.5. The zero-order valence-electron chi connectivity index (χ0n) is 47.7. The van der Waals surface area contributed by atoms with Gasteiger partial charge in [0, 0.05) is 66.5 Å². The lowest BCUT2D eigenvalue weighted by atomic mass is 9.76. The molecule has 5 fully saturated rings. The Bertz CT molecular complexity index is 2300. The van der Waals surface area contributed by atoms with Gasteiger partial charge in [-0.05, 0) is 147 Å². The molecule has 0 radical (unpaired) electrons. The van der Waals surface area contributed by atoms with Crippen molar-refractivity contribution in [2.24, 2.45) is 47.3 Å². The first-order chi connectivity index (χ1) is 36.2. The highest BCUT2D eigenvalue weighted by molar-refractivity contribution is 8.03. The van der Waals surface area contributed by atoms with E-state index in [1.807, 2.05) is 39.8 Å². The number of thioether (sulfide) groups is 1. The predicted octanol–water partition coefficient (Wildman–Crippen LogP) is 6.58. The van der Waals surface area contributed by atoms with E-state index in [2.05, 4.69) is 25.7 Å². The molecule has 0 unspecified atom stereocenters. The smallest absolute Gasteiger partial charge is 0.353 e. The number of cyclic esters (lactones) is 1. The third kappa shape index (κ3) is 13.3. The van der Waals surface area contributed by atoms with Gasteiger partial charge in [-0.1, -0.05) is 52.3 Å². The van der Waals surface area contributed by atoms with E-state index in [0.29, 0.717) is 87.7 Å². The van der Waals surface area contributed by atoms with E-state index >= 15 is 0 Å². The molecule has 0 aromatic rings. The van der Waals surface area contributed by atoms with Crippen molar-refractivity contribution in [3.05, 3.63) is 33.9 Å². The Kier molecular flexibility index (Phi) is 19.9. The maximum absolute atomic E-state index is 14.9. The molecule has 77 heavy (non-hydrogen) atoms. The van der Waals surface area contributed by atoms with E-state index in [1.165, 1.54) is 21.6 Å². The number of piperidine rings is 1. The molecular weight excluding hydrogens is 1010 g/mol. The molecule has 0 spiro atoms. The lowest BCUT2D eigenvalue weighted by Crippen LogP contribution is -2.62. The number of rotatable bonds is 11. The average Bonchev–Trinajstić information content (AvgIpc) is 4.07. The van der Waals surface area contributed by atoms with Gasteiger partial charge in [-0.3, -0.25) is 24.1 Å². The quantitative estimate of drug-likeness (QED) is 0.0635. The molecule has 1 aliphatic carbocycles. The highest BCUT2D eigenvalue weighted by Crippen LogP contribution is 2.49. The van der Waals surface area contributed by atoms with Crippen molar-refractivity contribution in [1.82, 2.24) is 14.7 Å². The zero-order valence-corrected chi connectivity index (χ0v) is 48.5. The molecule has 0 aromatic carbocycles. The maximum atomic E-state index is 14.9. The third-order valence-corrected chi connectivity index (χ3v) is 20.1. The number of nitrogens with zero attached hydrogens (tertiary/aromatic N) is 3. The van der Waals surface area contributed by atoms with E-state index < -0.39 is 95.8 Å². The van der Waals surface area contributed by atoms with Crippen LogP contribution in [0.1, 0.15) is 159 Å². The summed E-state index contributed by atoms with van der Waals surface area (Å²) in [6.07, 6.45) is 6.20. The fourth-order valence-corrected chi connectivity index (χ4v) is 15.7. The minimum absolute atomic E-state index is 0.0245. The third-order valence-electron chi connectivity index (χ3n) is 18.8. The fraction of sp³-hybridized carbons (Fsp3) is 0.797. The molecule has 432 valence electrons. The molecular formula is C59H91N3O14S. The number of methoxy groups -OCH3 is 1. The summed E-state index contributed by atoms with van der Waals surface area (Å²) in [4.78, 5) is 89.4. The highest BCUT2D eigenvalue weighted by Gasteiger charge is 2.58. The van der Waals surface area contributed by atoms with Crippen molar-refractivity contribution in [3.8, 4) is 0 Å². The molecule has 7 rings (SSSR count). The van der Waals surface area contributed by atoms with Crippen LogP contribution >= 0.6 is 11.8 Å². The molecule has 5 N–H and O–H groups in total. The molecule has 0 aromatic heterocycles. The van der Waals surface area contributed by atoms with Gasteiger partial charge >= 0.3 is 11.9 Å². The van der Waals surface area contributed by atoms with Crippen molar-refractivity contribution in [2.75, 3.05) is 26.7 Å². The summed E-state index contributed by atoms with van der Waals surface area (Å²) in [5, 5.41) is 55.6. The summed E-state index contributed by atoms with van der Waals surface area (Å²) in [6.45, 7) is 20.9. The maximum Gasteiger partial charge on any atom is 0.353 e. The number of hydrogen-bond donors (Lipinski definition) is 5. The molecule has 6 aliphatic heterocycles. The van der Waals surface area contributed by atoms with Crippen molar-refractivity contribution in [3.63, 3.8) is 0 Å². The molecule has 7 aliphatic rings. The largest absolute Gasteiger partial charge is 0.477 e. The second-order valence-electron chi connectivity index (χ2n) is 25.3. The summed E-state index contributed by atoms with van der Waals surface area (Å²) in [5.74, 6) is -9.68. The molecule has 2 bridgehead atoms. The zero-order chi connectivity index (χ0) is 56.6. The van der Waals surface area contributed by atoms with Gasteiger partial charge in [0.05, 0.1) is 42.5 Å². The van der Waals surface area contributed by atoms with Crippen molar-refractivity contribution < 1.29 is 68.5 Å². The van der Waals surface area contributed by atoms with E-state index in [-0.39, 0.29) is 77.3 Å². The molecule has 6 heterocycles. The van der Waals surface area contributed by atoms with Crippen LogP contribution in [-0.4, -0.2) is 168 Å². The second kappa shape index (κ2) is 25.1. The van der Waals surface area contributed by atoms with Gasteiger partial charge in [-0.15, -0.1) is 11.8 Å². The highest BCUT2D eigenvalue weighted by atomic mass is 32.2. The number of ketones is 2. The Morgan fingerprint density at radius 3 is 2.32 bits per heavy atom. The Hall–Kier alpha value is -3.49. The van der Waals surface area contributed by atoms with E-state index in [0.717, 1.165) is 18.5 Å². The van der Waals surface area contributed by atoms with Gasteiger partial charge in [-0.25, -0.2) is 9.59 Å². The van der Waals surface area contributed by atoms with Crippen LogP contribution in [0.2, 0.25) is 0 Å². The molecule has 17 nitrogen and oxygen atoms in total. The molecule has 2 amide bonds. The number of aliphatic hydroxyl groups is 4. The molecule has 4 saturated heterocycles. The number of carbonyl (C=O) groups excluding carboxylic acids is 5. The number of Topliss-reactive ketones (excluding diaryl/α,β-unsaturated/α-hetero) is 2. The second-order valence-corrected chi connectivity index (χ2v) is 26.7. The minimum atomic E-state index is -2.41. The van der Waals surface area contributed by atoms with Crippen molar-refractivity contribution in [2.45, 2.75) is 224 Å². The lowest BCUT2D eigenvalue weighted by Gasteiger charge is -2.46. The summed E-state index contributed by atoms with van der Waals surface area (Å²) in [7, 11) is 1.56. The SMILES string of the molecule is CO[C@@H]1C[C@H](/C=C(\C)[C@H]2OC(=O)[C@@H]3CCCCN3C(=O)C(=O)[C@]3(O)O[C@H]([C@@H](C)C[C@@H](C)C/C(C)=C/[C@@H](CCC(C)(C)N4CC[C@H](SC5=C(C(=O)O)N6C(=O)[C@H]([C@@H](C)O)[C@H]6C5)C4)C(=O)C[C@H](O)[C@H]2C)[C@@H](C)C[C@H]3C)CC[C@H]1O.